The maximum atomic E-state index is 11.8. The lowest BCUT2D eigenvalue weighted by Crippen LogP contribution is -2.15. The fraction of sp³-hybridized carbons (Fsp3) is 0.250. The van der Waals surface area contributed by atoms with Crippen molar-refractivity contribution in [1.29, 1.82) is 0 Å². The normalized spacial score (nSPS) is 11.1. The maximum Gasteiger partial charge on any atom is 0.250 e. The van der Waals surface area contributed by atoms with Gasteiger partial charge in [-0.15, -0.1) is 0 Å². The molecule has 0 bridgehead atoms. The van der Waals surface area contributed by atoms with Gasteiger partial charge in [-0.25, -0.2) is 0 Å². The lowest BCUT2D eigenvalue weighted by atomic mass is 9.99. The van der Waals surface area contributed by atoms with Crippen molar-refractivity contribution in [3.8, 4) is 11.1 Å². The summed E-state index contributed by atoms with van der Waals surface area (Å²) >= 11 is 0. The first-order valence-corrected chi connectivity index (χ1v) is 8.18. The van der Waals surface area contributed by atoms with Crippen LogP contribution in [0.3, 0.4) is 0 Å². The molecule has 0 saturated carbocycles. The molecule has 122 valence electrons. The third-order valence-electron chi connectivity index (χ3n) is 4.13. The first-order valence-electron chi connectivity index (χ1n) is 8.18. The highest BCUT2D eigenvalue weighted by atomic mass is 16.1. The van der Waals surface area contributed by atoms with Gasteiger partial charge in [0, 0.05) is 17.8 Å². The molecule has 0 fully saturated rings. The van der Waals surface area contributed by atoms with Gasteiger partial charge in [-0.3, -0.25) is 14.8 Å². The van der Waals surface area contributed by atoms with Crippen LogP contribution in [0, 0.1) is 5.92 Å². The quantitative estimate of drug-likeness (QED) is 0.773. The molecule has 0 atom stereocenters. The Labute approximate surface area is 141 Å². The van der Waals surface area contributed by atoms with Crippen molar-refractivity contribution in [3.05, 3.63) is 60.0 Å². The Morgan fingerprint density at radius 2 is 1.83 bits per heavy atom. The number of benzene rings is 1. The fourth-order valence-electron chi connectivity index (χ4n) is 2.77. The monoisotopic (exact) mass is 319 g/mol. The predicted molar refractivity (Wildman–Crippen MR) is 96.7 cm³/mol. The number of aromatic nitrogens is 2. The largest absolute Gasteiger partial charge is 0.366 e. The Hall–Kier alpha value is -2.75. The SMILES string of the molecule is CC(C)CCc1nc2ccc(-c3ccncc3)cc2cc1C(N)=O. The van der Waals surface area contributed by atoms with Crippen LogP contribution in [0.25, 0.3) is 22.0 Å². The van der Waals surface area contributed by atoms with E-state index in [9.17, 15) is 4.79 Å². The van der Waals surface area contributed by atoms with Crippen molar-refractivity contribution in [1.82, 2.24) is 9.97 Å². The van der Waals surface area contributed by atoms with E-state index in [0.717, 1.165) is 40.6 Å². The zero-order chi connectivity index (χ0) is 17.1. The summed E-state index contributed by atoms with van der Waals surface area (Å²) in [6.07, 6.45) is 5.27. The summed E-state index contributed by atoms with van der Waals surface area (Å²) in [6.45, 7) is 4.32. The number of aryl methyl sites for hydroxylation is 1. The van der Waals surface area contributed by atoms with Gasteiger partial charge in [-0.05, 0) is 60.2 Å². The number of hydrogen-bond acceptors (Lipinski definition) is 3. The number of primary amides is 1. The molecule has 0 aliphatic heterocycles. The molecule has 0 spiro atoms. The summed E-state index contributed by atoms with van der Waals surface area (Å²) in [5.41, 5.74) is 9.92. The summed E-state index contributed by atoms with van der Waals surface area (Å²) in [5, 5.41) is 0.923. The molecule has 0 radical (unpaired) electrons. The van der Waals surface area contributed by atoms with Crippen LogP contribution in [-0.2, 0) is 6.42 Å². The molecule has 3 aromatic rings. The van der Waals surface area contributed by atoms with Gasteiger partial charge in [0.15, 0.2) is 0 Å². The first-order chi connectivity index (χ1) is 11.5. The Balaban J connectivity index is 2.07. The molecule has 4 heteroatoms. The average Bonchev–Trinajstić information content (AvgIpc) is 2.59. The van der Waals surface area contributed by atoms with Crippen molar-refractivity contribution in [2.75, 3.05) is 0 Å². The summed E-state index contributed by atoms with van der Waals surface area (Å²) in [7, 11) is 0. The first kappa shape index (κ1) is 16.1. The van der Waals surface area contributed by atoms with Crippen molar-refractivity contribution < 1.29 is 4.79 Å². The molecule has 1 amide bonds. The van der Waals surface area contributed by atoms with E-state index in [2.05, 4.69) is 23.8 Å². The van der Waals surface area contributed by atoms with Gasteiger partial charge >= 0.3 is 0 Å². The molecule has 2 heterocycles. The summed E-state index contributed by atoms with van der Waals surface area (Å²) in [6, 6.07) is 11.9. The van der Waals surface area contributed by atoms with Crippen LogP contribution < -0.4 is 5.73 Å². The summed E-state index contributed by atoms with van der Waals surface area (Å²) in [5.74, 6) is 0.134. The number of amides is 1. The number of fused-ring (bicyclic) bond motifs is 1. The van der Waals surface area contributed by atoms with E-state index in [-0.39, 0.29) is 0 Å². The van der Waals surface area contributed by atoms with Crippen LogP contribution >= 0.6 is 0 Å². The lowest BCUT2D eigenvalue weighted by Gasteiger charge is -2.11. The van der Waals surface area contributed by atoms with Crippen LogP contribution in [-0.4, -0.2) is 15.9 Å². The number of nitrogens with zero attached hydrogens (tertiary/aromatic N) is 2. The third-order valence-corrected chi connectivity index (χ3v) is 4.13. The number of hydrogen-bond donors (Lipinski definition) is 1. The van der Waals surface area contributed by atoms with E-state index in [1.165, 1.54) is 0 Å². The predicted octanol–water partition coefficient (Wildman–Crippen LogP) is 3.98. The fourth-order valence-corrected chi connectivity index (χ4v) is 2.77. The van der Waals surface area contributed by atoms with E-state index in [1.54, 1.807) is 12.4 Å². The van der Waals surface area contributed by atoms with Crippen LogP contribution in [0.4, 0.5) is 0 Å². The zero-order valence-corrected chi connectivity index (χ0v) is 14.0. The molecule has 0 aliphatic rings. The highest BCUT2D eigenvalue weighted by molar-refractivity contribution is 5.98. The minimum absolute atomic E-state index is 0.419. The summed E-state index contributed by atoms with van der Waals surface area (Å²) in [4.78, 5) is 20.6. The van der Waals surface area contributed by atoms with E-state index in [1.807, 2.05) is 36.4 Å². The molecule has 0 unspecified atom stereocenters. The summed E-state index contributed by atoms with van der Waals surface area (Å²) < 4.78 is 0. The van der Waals surface area contributed by atoms with E-state index >= 15 is 0 Å². The smallest absolute Gasteiger partial charge is 0.250 e. The maximum absolute atomic E-state index is 11.8. The van der Waals surface area contributed by atoms with E-state index in [0.29, 0.717) is 11.5 Å². The molecule has 24 heavy (non-hydrogen) atoms. The number of carbonyl (C=O) groups is 1. The average molecular weight is 319 g/mol. The topological polar surface area (TPSA) is 68.9 Å². The van der Waals surface area contributed by atoms with Gasteiger partial charge in [0.2, 0.25) is 0 Å². The Kier molecular flexibility index (Phi) is 4.56. The van der Waals surface area contributed by atoms with Crippen LogP contribution in [0.2, 0.25) is 0 Å². The second kappa shape index (κ2) is 6.79. The van der Waals surface area contributed by atoms with Crippen LogP contribution in [0.1, 0.15) is 36.3 Å². The Morgan fingerprint density at radius 3 is 2.50 bits per heavy atom. The van der Waals surface area contributed by atoms with Gasteiger partial charge < -0.3 is 5.73 Å². The molecule has 3 rings (SSSR count). The van der Waals surface area contributed by atoms with Gasteiger partial charge in [0.25, 0.3) is 5.91 Å². The highest BCUT2D eigenvalue weighted by Crippen LogP contribution is 2.25. The standard InChI is InChI=1S/C20H21N3O/c1-13(2)3-5-19-17(20(21)24)12-16-11-15(4-6-18(16)23-19)14-7-9-22-10-8-14/h4,6-13H,3,5H2,1-2H3,(H2,21,24). The highest BCUT2D eigenvalue weighted by Gasteiger charge is 2.13. The minimum Gasteiger partial charge on any atom is -0.366 e. The number of pyridine rings is 2. The lowest BCUT2D eigenvalue weighted by molar-refractivity contribution is 0.0999. The van der Waals surface area contributed by atoms with Gasteiger partial charge in [0.1, 0.15) is 0 Å². The van der Waals surface area contributed by atoms with Gasteiger partial charge in [0.05, 0.1) is 16.8 Å². The van der Waals surface area contributed by atoms with Crippen molar-refractivity contribution in [3.63, 3.8) is 0 Å². The van der Waals surface area contributed by atoms with E-state index in [4.69, 9.17) is 5.73 Å². The molecule has 1 aromatic carbocycles. The number of carbonyl (C=O) groups excluding carboxylic acids is 1. The third kappa shape index (κ3) is 3.43. The molecule has 2 N–H and O–H groups in total. The Morgan fingerprint density at radius 1 is 1.08 bits per heavy atom. The van der Waals surface area contributed by atoms with Crippen molar-refractivity contribution in [2.45, 2.75) is 26.7 Å². The molecular weight excluding hydrogens is 298 g/mol. The van der Waals surface area contributed by atoms with E-state index < -0.39 is 5.91 Å². The zero-order valence-electron chi connectivity index (χ0n) is 14.0. The van der Waals surface area contributed by atoms with Gasteiger partial charge in [-0.2, -0.15) is 0 Å². The second-order valence-corrected chi connectivity index (χ2v) is 6.42. The number of rotatable bonds is 5. The second-order valence-electron chi connectivity index (χ2n) is 6.42. The van der Waals surface area contributed by atoms with Crippen LogP contribution in [0.5, 0.6) is 0 Å². The molecule has 4 nitrogen and oxygen atoms in total. The van der Waals surface area contributed by atoms with Crippen molar-refractivity contribution in [2.24, 2.45) is 11.7 Å². The van der Waals surface area contributed by atoms with Crippen LogP contribution in [0.15, 0.2) is 48.8 Å². The van der Waals surface area contributed by atoms with Gasteiger partial charge in [-0.1, -0.05) is 19.9 Å². The minimum atomic E-state index is -0.419. The number of nitrogens with two attached hydrogens (primary N) is 1. The molecule has 0 saturated heterocycles. The molecular formula is C20H21N3O. The molecule has 2 aromatic heterocycles. The van der Waals surface area contributed by atoms with Crippen molar-refractivity contribution >= 4 is 16.8 Å². The Bertz CT molecular complexity index is 873. The molecule has 0 aliphatic carbocycles.